The summed E-state index contributed by atoms with van der Waals surface area (Å²) >= 11 is 0. The van der Waals surface area contributed by atoms with Gasteiger partial charge < -0.3 is 42.5 Å². The zero-order valence-corrected chi connectivity index (χ0v) is 26.6. The number of carbonyl (C=O) groups is 8. The molecule has 0 unspecified atom stereocenters. The third-order valence-electron chi connectivity index (χ3n) is 7.34. The topological polar surface area (TPSA) is 233 Å². The molecule has 0 bridgehead atoms. The van der Waals surface area contributed by atoms with Gasteiger partial charge >= 0.3 is 0 Å². The molecule has 2 aliphatic heterocycles. The number of hydrogen-bond acceptors (Lipinski definition) is 8. The van der Waals surface area contributed by atoms with Crippen LogP contribution in [0.15, 0.2) is 0 Å². The molecule has 0 aromatic heterocycles. The molecule has 0 saturated carbocycles. The maximum absolute atomic E-state index is 13.7. The molecule has 45 heavy (non-hydrogen) atoms. The van der Waals surface area contributed by atoms with Crippen molar-refractivity contribution >= 4 is 47.3 Å². The van der Waals surface area contributed by atoms with Crippen molar-refractivity contribution in [1.29, 1.82) is 0 Å². The fraction of sp³-hybridized carbons (Fsp3) is 0.724. The molecule has 0 aliphatic carbocycles. The first-order valence-electron chi connectivity index (χ1n) is 15.5. The van der Waals surface area contributed by atoms with Gasteiger partial charge in [0.2, 0.25) is 47.3 Å². The minimum atomic E-state index is -2.06. The van der Waals surface area contributed by atoms with Gasteiger partial charge in [-0.1, -0.05) is 27.7 Å². The second-order valence-corrected chi connectivity index (χ2v) is 12.2. The minimum absolute atomic E-state index is 0.0596. The summed E-state index contributed by atoms with van der Waals surface area (Å²) in [7, 11) is 0. The molecule has 1 spiro atoms. The van der Waals surface area contributed by atoms with E-state index in [-0.39, 0.29) is 63.7 Å². The van der Waals surface area contributed by atoms with Crippen molar-refractivity contribution < 1.29 is 38.4 Å². The van der Waals surface area contributed by atoms with Crippen LogP contribution in [0.1, 0.15) is 66.2 Å². The summed E-state index contributed by atoms with van der Waals surface area (Å²) < 4.78 is 0. The van der Waals surface area contributed by atoms with E-state index in [1.807, 2.05) is 27.7 Å². The Balaban J connectivity index is 2.32. The zero-order chi connectivity index (χ0) is 33.6. The molecule has 2 saturated heterocycles. The minimum Gasteiger partial charge on any atom is -0.355 e. The SMILES string of the molecule is CC(C)C[C@@H]1NC(=O)CCNC(=O)C2(CNC(=O)CCNC1=O)CNC(=O)CCNC(=O)[C@H](CC(C)C)NC(=O)CCNC2=O. The Bertz CT molecular complexity index is 1040. The molecule has 2 rings (SSSR count). The number of carbonyl (C=O) groups excluding carboxylic acids is 8. The summed E-state index contributed by atoms with van der Waals surface area (Å²) in [6.45, 7) is 5.99. The Morgan fingerprint density at radius 3 is 1.20 bits per heavy atom. The number of nitrogens with one attached hydrogen (secondary N) is 8. The monoisotopic (exact) mass is 636 g/mol. The van der Waals surface area contributed by atoms with Crippen molar-refractivity contribution in [2.75, 3.05) is 39.3 Å². The maximum atomic E-state index is 13.7. The van der Waals surface area contributed by atoms with Gasteiger partial charge in [-0.15, -0.1) is 0 Å². The van der Waals surface area contributed by atoms with E-state index in [4.69, 9.17) is 0 Å². The van der Waals surface area contributed by atoms with Gasteiger partial charge in [0.15, 0.2) is 5.41 Å². The van der Waals surface area contributed by atoms with Crippen molar-refractivity contribution in [1.82, 2.24) is 42.5 Å². The Labute approximate surface area is 263 Å². The summed E-state index contributed by atoms with van der Waals surface area (Å²) in [6.07, 6.45) is -0.0599. The third-order valence-corrected chi connectivity index (χ3v) is 7.34. The normalized spacial score (nSPS) is 23.9. The smallest absolute Gasteiger partial charge is 0.242 e. The van der Waals surface area contributed by atoms with Crippen LogP contribution in [0.25, 0.3) is 0 Å². The molecule has 2 aliphatic rings. The Morgan fingerprint density at radius 1 is 0.511 bits per heavy atom. The van der Waals surface area contributed by atoms with E-state index in [0.717, 1.165) is 0 Å². The van der Waals surface area contributed by atoms with E-state index in [1.165, 1.54) is 0 Å². The van der Waals surface area contributed by atoms with Gasteiger partial charge in [0, 0.05) is 65.0 Å². The maximum Gasteiger partial charge on any atom is 0.242 e. The predicted octanol–water partition coefficient (Wildman–Crippen LogP) is -2.68. The van der Waals surface area contributed by atoms with Crippen LogP contribution in [0, 0.1) is 17.3 Å². The second kappa shape index (κ2) is 17.9. The van der Waals surface area contributed by atoms with Gasteiger partial charge in [0.1, 0.15) is 12.1 Å². The highest BCUT2D eigenvalue weighted by Crippen LogP contribution is 2.18. The lowest BCUT2D eigenvalue weighted by molar-refractivity contribution is -0.143. The molecule has 8 N–H and O–H groups in total. The van der Waals surface area contributed by atoms with Crippen molar-refractivity contribution in [2.45, 2.75) is 78.3 Å². The summed E-state index contributed by atoms with van der Waals surface area (Å²) in [5.41, 5.74) is -2.06. The van der Waals surface area contributed by atoms with Crippen LogP contribution in [-0.2, 0) is 38.4 Å². The Morgan fingerprint density at radius 2 is 0.844 bits per heavy atom. The molecule has 0 radical (unpaired) electrons. The van der Waals surface area contributed by atoms with E-state index in [0.29, 0.717) is 12.8 Å². The molecule has 16 nitrogen and oxygen atoms in total. The highest BCUT2D eigenvalue weighted by Gasteiger charge is 2.46. The van der Waals surface area contributed by atoms with Crippen LogP contribution in [0.2, 0.25) is 0 Å². The average Bonchev–Trinajstić information content (AvgIpc) is 2.95. The average molecular weight is 637 g/mol. The standard InChI is InChI=1S/C29H48N8O8/c1-17(2)13-19-25(42)30-9-5-21(38)34-15-29(27(44)32-11-7-23(40)36-19)16-35-22(39)6-10-31-26(43)20(14-18(3)4)37-24(41)8-12-33-28(29)45/h17-20H,5-16H2,1-4H3,(H,30,42)(H,31,43)(H,32,44)(H,33,45)(H,34,38)(H,35,39)(H,36,40)(H,37,41)/t19-,20-,29?/m0/s1. The largest absolute Gasteiger partial charge is 0.355 e. The highest BCUT2D eigenvalue weighted by molar-refractivity contribution is 6.06. The molecule has 2 heterocycles. The molecular formula is C29H48N8O8. The molecule has 8 amide bonds. The Hall–Kier alpha value is -4.24. The van der Waals surface area contributed by atoms with Gasteiger partial charge in [0.05, 0.1) is 0 Å². The first-order chi connectivity index (χ1) is 21.2. The number of hydrogen-bond donors (Lipinski definition) is 8. The fourth-order valence-corrected chi connectivity index (χ4v) is 4.86. The zero-order valence-electron chi connectivity index (χ0n) is 26.6. The van der Waals surface area contributed by atoms with Crippen LogP contribution in [0.4, 0.5) is 0 Å². The number of rotatable bonds is 4. The molecule has 16 heteroatoms. The quantitative estimate of drug-likeness (QED) is 0.151. The van der Waals surface area contributed by atoms with Crippen molar-refractivity contribution in [2.24, 2.45) is 17.3 Å². The van der Waals surface area contributed by atoms with Crippen LogP contribution in [0.3, 0.4) is 0 Å². The van der Waals surface area contributed by atoms with Gasteiger partial charge in [-0.3, -0.25) is 38.4 Å². The van der Waals surface area contributed by atoms with E-state index >= 15 is 0 Å². The molecule has 2 fully saturated rings. The van der Waals surface area contributed by atoms with E-state index in [9.17, 15) is 38.4 Å². The summed E-state index contributed by atoms with van der Waals surface area (Å²) in [5, 5.41) is 20.8. The van der Waals surface area contributed by atoms with Crippen LogP contribution in [-0.4, -0.2) is 98.6 Å². The summed E-state index contributed by atoms with van der Waals surface area (Å²) in [5.74, 6) is -4.60. The lowest BCUT2D eigenvalue weighted by Gasteiger charge is -2.31. The van der Waals surface area contributed by atoms with Crippen molar-refractivity contribution in [3.8, 4) is 0 Å². The van der Waals surface area contributed by atoms with E-state index in [1.54, 1.807) is 0 Å². The highest BCUT2D eigenvalue weighted by atomic mass is 16.2. The van der Waals surface area contributed by atoms with Crippen LogP contribution in [0.5, 0.6) is 0 Å². The first-order valence-corrected chi connectivity index (χ1v) is 15.5. The number of amides is 8. The molecule has 2 atom stereocenters. The van der Waals surface area contributed by atoms with Gasteiger partial charge in [-0.05, 0) is 24.7 Å². The fourth-order valence-electron chi connectivity index (χ4n) is 4.86. The van der Waals surface area contributed by atoms with Gasteiger partial charge in [-0.25, -0.2) is 0 Å². The van der Waals surface area contributed by atoms with Crippen molar-refractivity contribution in [3.63, 3.8) is 0 Å². The second-order valence-electron chi connectivity index (χ2n) is 12.2. The lowest BCUT2D eigenvalue weighted by atomic mass is 9.84. The molecule has 252 valence electrons. The Kier molecular flexibility index (Phi) is 14.7. The lowest BCUT2D eigenvalue weighted by Crippen LogP contribution is -2.62. The molecule has 0 aromatic rings. The summed E-state index contributed by atoms with van der Waals surface area (Å²) in [6, 6.07) is -1.67. The third kappa shape index (κ3) is 12.3. The van der Waals surface area contributed by atoms with Crippen LogP contribution < -0.4 is 42.5 Å². The van der Waals surface area contributed by atoms with Crippen molar-refractivity contribution in [3.05, 3.63) is 0 Å². The summed E-state index contributed by atoms with van der Waals surface area (Å²) in [4.78, 5) is 104. The van der Waals surface area contributed by atoms with Crippen LogP contribution >= 0.6 is 0 Å². The van der Waals surface area contributed by atoms with Gasteiger partial charge in [-0.2, -0.15) is 0 Å². The van der Waals surface area contributed by atoms with E-state index in [2.05, 4.69) is 42.5 Å². The molecular weight excluding hydrogens is 588 g/mol. The first kappa shape index (κ1) is 36.9. The van der Waals surface area contributed by atoms with E-state index < -0.39 is 77.8 Å². The molecule has 0 aromatic carbocycles. The predicted molar refractivity (Wildman–Crippen MR) is 162 cm³/mol. The van der Waals surface area contributed by atoms with Gasteiger partial charge in [0.25, 0.3) is 0 Å².